The molecule has 3 atom stereocenters. The highest BCUT2D eigenvalue weighted by molar-refractivity contribution is 6.07. The Hall–Kier alpha value is -2.44. The molecule has 0 radical (unpaired) electrons. The van der Waals surface area contributed by atoms with Crippen LogP contribution in [0, 0.1) is 19.8 Å². The summed E-state index contributed by atoms with van der Waals surface area (Å²) < 4.78 is 1.68. The number of rotatable bonds is 2. The molecule has 2 fully saturated rings. The van der Waals surface area contributed by atoms with E-state index < -0.39 is 12.0 Å². The van der Waals surface area contributed by atoms with Crippen molar-refractivity contribution in [2.45, 2.75) is 58.0 Å². The third-order valence-corrected chi connectivity index (χ3v) is 5.93. The number of fused-ring (bicyclic) bond motifs is 2. The first-order chi connectivity index (χ1) is 12.4. The van der Waals surface area contributed by atoms with Crippen molar-refractivity contribution < 1.29 is 14.7 Å². The Kier molecular flexibility index (Phi) is 3.97. The highest BCUT2D eigenvalue weighted by Crippen LogP contribution is 2.41. The van der Waals surface area contributed by atoms with Gasteiger partial charge in [-0.1, -0.05) is 12.8 Å². The number of hydrogen-bond acceptors (Lipinski definition) is 4. The van der Waals surface area contributed by atoms with Crippen molar-refractivity contribution in [2.75, 3.05) is 0 Å². The van der Waals surface area contributed by atoms with Crippen molar-refractivity contribution >= 4 is 22.9 Å². The predicted molar refractivity (Wildman–Crippen MR) is 95.9 cm³/mol. The molecule has 1 aliphatic carbocycles. The summed E-state index contributed by atoms with van der Waals surface area (Å²) in [5.74, 6) is -0.807. The molecule has 3 unspecified atom stereocenters. The van der Waals surface area contributed by atoms with Crippen LogP contribution in [0.15, 0.2) is 6.07 Å². The third-order valence-electron chi connectivity index (χ3n) is 5.93. The standard InChI is InChI=1S/C19H24N4O3/c1-10-8-13(16-11(2)21-22(3)17(16)20-10)18(24)23-14-7-5-4-6-12(14)9-15(23)19(25)26/h8,12,14-15H,4-7,9H2,1-3H3,(H,25,26). The van der Waals surface area contributed by atoms with Crippen molar-refractivity contribution in [2.24, 2.45) is 13.0 Å². The van der Waals surface area contributed by atoms with E-state index in [1.807, 2.05) is 20.9 Å². The fourth-order valence-electron chi connectivity index (χ4n) is 4.85. The summed E-state index contributed by atoms with van der Waals surface area (Å²) in [6.45, 7) is 3.71. The second kappa shape index (κ2) is 6.07. The average molecular weight is 356 g/mol. The first kappa shape index (κ1) is 17.0. The SMILES string of the molecule is Cc1cc(C(=O)N2C(C(=O)O)CC3CCCCC32)c2c(C)nn(C)c2n1. The number of aromatic nitrogens is 3. The number of carbonyl (C=O) groups is 2. The summed E-state index contributed by atoms with van der Waals surface area (Å²) in [5.41, 5.74) is 2.66. The quantitative estimate of drug-likeness (QED) is 0.893. The van der Waals surface area contributed by atoms with Crippen molar-refractivity contribution in [1.29, 1.82) is 0 Å². The molecule has 0 spiro atoms. The zero-order chi connectivity index (χ0) is 18.6. The molecule has 138 valence electrons. The van der Waals surface area contributed by atoms with Crippen molar-refractivity contribution in [1.82, 2.24) is 19.7 Å². The fraction of sp³-hybridized carbons (Fsp3) is 0.579. The summed E-state index contributed by atoms with van der Waals surface area (Å²) in [7, 11) is 1.81. The number of amides is 1. The predicted octanol–water partition coefficient (Wildman–Crippen LogP) is 2.44. The van der Waals surface area contributed by atoms with Gasteiger partial charge in [0.05, 0.1) is 16.6 Å². The van der Waals surface area contributed by atoms with Gasteiger partial charge in [-0.15, -0.1) is 0 Å². The van der Waals surface area contributed by atoms with Crippen LogP contribution < -0.4 is 0 Å². The molecule has 7 nitrogen and oxygen atoms in total. The molecule has 1 amide bonds. The molecule has 3 heterocycles. The van der Waals surface area contributed by atoms with Gasteiger partial charge in [0.25, 0.3) is 5.91 Å². The Labute approximate surface area is 152 Å². The summed E-state index contributed by atoms with van der Waals surface area (Å²) >= 11 is 0. The Bertz CT molecular complexity index is 904. The number of nitrogens with zero attached hydrogens (tertiary/aromatic N) is 4. The van der Waals surface area contributed by atoms with Crippen LogP contribution in [0.2, 0.25) is 0 Å². The van der Waals surface area contributed by atoms with E-state index in [4.69, 9.17) is 0 Å². The minimum Gasteiger partial charge on any atom is -0.480 e. The van der Waals surface area contributed by atoms with Gasteiger partial charge in [-0.2, -0.15) is 5.10 Å². The van der Waals surface area contributed by atoms with Gasteiger partial charge in [-0.25, -0.2) is 9.78 Å². The minimum absolute atomic E-state index is 0.0258. The summed E-state index contributed by atoms with van der Waals surface area (Å²) in [5, 5.41) is 14.9. The molecule has 4 rings (SSSR count). The number of carboxylic acids is 1. The number of carbonyl (C=O) groups excluding carboxylic acids is 1. The summed E-state index contributed by atoms with van der Waals surface area (Å²) in [6, 6.07) is 1.06. The molecule has 1 N–H and O–H groups in total. The molecule has 1 aliphatic heterocycles. The second-order valence-corrected chi connectivity index (χ2v) is 7.63. The van der Waals surface area contributed by atoms with Gasteiger partial charge in [0, 0.05) is 18.8 Å². The van der Waals surface area contributed by atoms with Crippen LogP contribution >= 0.6 is 0 Å². The maximum Gasteiger partial charge on any atom is 0.326 e. The number of aliphatic carboxylic acids is 1. The van der Waals surface area contributed by atoms with E-state index in [1.165, 1.54) is 0 Å². The molecule has 26 heavy (non-hydrogen) atoms. The molecule has 0 bridgehead atoms. The van der Waals surface area contributed by atoms with Gasteiger partial charge < -0.3 is 10.0 Å². The monoisotopic (exact) mass is 356 g/mol. The van der Waals surface area contributed by atoms with Gasteiger partial charge >= 0.3 is 5.97 Å². The maximum atomic E-state index is 13.5. The maximum absolute atomic E-state index is 13.5. The lowest BCUT2D eigenvalue weighted by molar-refractivity contribution is -0.141. The number of pyridine rings is 1. The number of hydrogen-bond donors (Lipinski definition) is 1. The van der Waals surface area contributed by atoms with Crippen LogP contribution in [0.25, 0.3) is 11.0 Å². The highest BCUT2D eigenvalue weighted by Gasteiger charge is 2.48. The molecule has 1 saturated heterocycles. The zero-order valence-electron chi connectivity index (χ0n) is 15.4. The van der Waals surface area contributed by atoms with E-state index in [9.17, 15) is 14.7 Å². The van der Waals surface area contributed by atoms with Crippen LogP contribution in [0.5, 0.6) is 0 Å². The molecule has 0 aromatic carbocycles. The lowest BCUT2D eigenvalue weighted by Crippen LogP contribution is -2.46. The largest absolute Gasteiger partial charge is 0.480 e. The van der Waals surface area contributed by atoms with Crippen molar-refractivity contribution in [3.05, 3.63) is 23.0 Å². The Morgan fingerprint density at radius 3 is 2.69 bits per heavy atom. The lowest BCUT2D eigenvalue weighted by atomic mass is 9.84. The van der Waals surface area contributed by atoms with Gasteiger partial charge in [0.2, 0.25) is 0 Å². The minimum atomic E-state index is -0.905. The first-order valence-electron chi connectivity index (χ1n) is 9.25. The van der Waals surface area contributed by atoms with Crippen molar-refractivity contribution in [3.8, 4) is 0 Å². The van der Waals surface area contributed by atoms with E-state index in [0.29, 0.717) is 23.5 Å². The highest BCUT2D eigenvalue weighted by atomic mass is 16.4. The van der Waals surface area contributed by atoms with Crippen LogP contribution in [0.1, 0.15) is 53.8 Å². The van der Waals surface area contributed by atoms with Gasteiger partial charge in [-0.3, -0.25) is 9.48 Å². The second-order valence-electron chi connectivity index (χ2n) is 7.63. The zero-order valence-corrected chi connectivity index (χ0v) is 15.4. The Morgan fingerprint density at radius 1 is 1.23 bits per heavy atom. The average Bonchev–Trinajstić information content (AvgIpc) is 3.12. The van der Waals surface area contributed by atoms with Gasteiger partial charge in [0.15, 0.2) is 5.65 Å². The first-order valence-corrected chi connectivity index (χ1v) is 9.25. The van der Waals surface area contributed by atoms with Crippen LogP contribution in [-0.2, 0) is 11.8 Å². The third kappa shape index (κ3) is 2.48. The van der Waals surface area contributed by atoms with Gasteiger partial charge in [0.1, 0.15) is 6.04 Å². The van der Waals surface area contributed by atoms with E-state index in [0.717, 1.165) is 42.5 Å². The number of carboxylic acid groups (broad SMARTS) is 1. The molecule has 2 aliphatic rings. The van der Waals surface area contributed by atoms with E-state index in [1.54, 1.807) is 15.6 Å². The van der Waals surface area contributed by atoms with Crippen LogP contribution in [-0.4, -0.2) is 48.7 Å². The van der Waals surface area contributed by atoms with E-state index in [-0.39, 0.29) is 11.9 Å². The number of aryl methyl sites for hydroxylation is 3. The molecule has 1 saturated carbocycles. The molecular formula is C19H24N4O3. The summed E-state index contributed by atoms with van der Waals surface area (Å²) in [4.78, 5) is 31.6. The Balaban J connectivity index is 1.84. The molecule has 2 aromatic heterocycles. The lowest BCUT2D eigenvalue weighted by Gasteiger charge is -2.33. The van der Waals surface area contributed by atoms with Crippen LogP contribution in [0.4, 0.5) is 0 Å². The topological polar surface area (TPSA) is 88.3 Å². The molecule has 7 heteroatoms. The van der Waals surface area contributed by atoms with Crippen molar-refractivity contribution in [3.63, 3.8) is 0 Å². The van der Waals surface area contributed by atoms with E-state index in [2.05, 4.69) is 10.1 Å². The van der Waals surface area contributed by atoms with E-state index >= 15 is 0 Å². The fourth-order valence-corrected chi connectivity index (χ4v) is 4.85. The molecular weight excluding hydrogens is 332 g/mol. The molecule has 2 aromatic rings. The van der Waals surface area contributed by atoms with Crippen LogP contribution in [0.3, 0.4) is 0 Å². The Morgan fingerprint density at radius 2 is 1.96 bits per heavy atom. The van der Waals surface area contributed by atoms with Gasteiger partial charge in [-0.05, 0) is 45.1 Å². The normalized spacial score (nSPS) is 25.5. The smallest absolute Gasteiger partial charge is 0.326 e. The summed E-state index contributed by atoms with van der Waals surface area (Å²) in [6.07, 6.45) is 4.63. The number of likely N-dealkylation sites (tertiary alicyclic amines) is 1.